The van der Waals surface area contributed by atoms with Crippen LogP contribution in [-0.4, -0.2) is 111 Å². The Morgan fingerprint density at radius 1 is 0.960 bits per heavy atom. The number of ether oxygens (including phenoxy) is 1. The third kappa shape index (κ3) is 7.53. The van der Waals surface area contributed by atoms with Gasteiger partial charge in [0.1, 0.15) is 6.33 Å². The Balaban J connectivity index is 0.00000432. The van der Waals surface area contributed by atoms with E-state index in [0.717, 1.165) is 92.6 Å². The number of carbonyl (C=O) groups excluding carboxylic acids is 1. The number of nitrogens with zero attached hydrogens (tertiary/aromatic N) is 9. The number of tetrazole rings is 1. The van der Waals surface area contributed by atoms with Crippen LogP contribution >= 0.6 is 24.2 Å². The van der Waals surface area contributed by atoms with Crippen LogP contribution in [0.25, 0.3) is 16.7 Å². The highest BCUT2D eigenvalue weighted by Gasteiger charge is 2.42. The molecule has 11 nitrogen and oxygen atoms in total. The smallest absolute Gasteiger partial charge is 0.255 e. The summed E-state index contributed by atoms with van der Waals surface area (Å²) in [6.07, 6.45) is 6.58. The van der Waals surface area contributed by atoms with Gasteiger partial charge in [-0.25, -0.2) is 9.67 Å². The summed E-state index contributed by atoms with van der Waals surface area (Å²) in [6.45, 7) is 10.5. The number of halogens is 1. The fourth-order valence-corrected chi connectivity index (χ4v) is 8.04. The van der Waals surface area contributed by atoms with Crippen molar-refractivity contribution in [1.82, 2.24) is 39.6 Å². The topological polar surface area (TPSA) is 97.4 Å². The molecular weight excluding hydrogens is 670 g/mol. The number of carbonyl (C=O) groups is 1. The van der Waals surface area contributed by atoms with Crippen molar-refractivity contribution in [2.75, 3.05) is 70.2 Å². The first-order chi connectivity index (χ1) is 24.1. The van der Waals surface area contributed by atoms with E-state index >= 15 is 0 Å². The van der Waals surface area contributed by atoms with Crippen molar-refractivity contribution in [3.63, 3.8) is 0 Å². The summed E-state index contributed by atoms with van der Waals surface area (Å²) < 4.78 is 9.66. The lowest BCUT2D eigenvalue weighted by atomic mass is 9.76. The third-order valence-electron chi connectivity index (χ3n) is 10.1. The summed E-state index contributed by atoms with van der Waals surface area (Å²) in [5, 5.41) is 11.6. The van der Waals surface area contributed by atoms with Crippen LogP contribution in [0.2, 0.25) is 0 Å². The minimum atomic E-state index is -0.108. The fraction of sp³-hybridized carbons (Fsp3) is 0.432. The number of thioether (sulfide) groups is 1. The number of hydrogen-bond donors (Lipinski definition) is 0. The zero-order valence-corrected chi connectivity index (χ0v) is 30.5. The Morgan fingerprint density at radius 3 is 2.60 bits per heavy atom. The largest absolute Gasteiger partial charge is 0.380 e. The molecule has 0 bridgehead atoms. The number of aromatic nitrogens is 6. The van der Waals surface area contributed by atoms with Crippen molar-refractivity contribution < 1.29 is 9.53 Å². The number of fused-ring (bicyclic) bond motifs is 1. The van der Waals surface area contributed by atoms with E-state index in [1.54, 1.807) is 22.8 Å². The molecule has 2 aromatic heterocycles. The van der Waals surface area contributed by atoms with Gasteiger partial charge in [-0.15, -0.1) is 29.3 Å². The van der Waals surface area contributed by atoms with Gasteiger partial charge < -0.3 is 24.0 Å². The first-order valence-electron chi connectivity index (χ1n) is 17.3. The molecule has 2 aliphatic rings. The summed E-state index contributed by atoms with van der Waals surface area (Å²) in [6, 6.07) is 25.1. The van der Waals surface area contributed by atoms with Gasteiger partial charge in [0.15, 0.2) is 0 Å². The first kappa shape index (κ1) is 35.8. The normalized spacial score (nSPS) is 18.4. The van der Waals surface area contributed by atoms with Crippen LogP contribution in [0.15, 0.2) is 84.0 Å². The second kappa shape index (κ2) is 16.4. The van der Waals surface area contributed by atoms with E-state index in [2.05, 4.69) is 89.4 Å². The van der Waals surface area contributed by atoms with E-state index in [1.807, 2.05) is 31.4 Å². The molecule has 0 spiro atoms. The molecule has 3 aromatic carbocycles. The predicted octanol–water partition coefficient (Wildman–Crippen LogP) is 5.58. The molecule has 4 heterocycles. The number of hydrogen-bond acceptors (Lipinski definition) is 9. The van der Waals surface area contributed by atoms with Crippen molar-refractivity contribution in [2.24, 2.45) is 0 Å². The number of imidazole rings is 1. The van der Waals surface area contributed by atoms with Crippen molar-refractivity contribution in [3.8, 4) is 5.69 Å². The van der Waals surface area contributed by atoms with E-state index in [-0.39, 0.29) is 23.7 Å². The first-order valence-corrected chi connectivity index (χ1v) is 18.6. The van der Waals surface area contributed by atoms with Crippen LogP contribution in [-0.2, 0) is 16.7 Å². The zero-order chi connectivity index (χ0) is 33.6. The Hall–Kier alpha value is -3.97. The number of anilines is 1. The van der Waals surface area contributed by atoms with Gasteiger partial charge in [-0.1, -0.05) is 42.5 Å². The number of amides is 1. The molecule has 1 amide bonds. The van der Waals surface area contributed by atoms with Gasteiger partial charge in [-0.05, 0) is 91.9 Å². The summed E-state index contributed by atoms with van der Waals surface area (Å²) in [4.78, 5) is 27.4. The molecule has 50 heavy (non-hydrogen) atoms. The van der Waals surface area contributed by atoms with Crippen LogP contribution in [0.5, 0.6) is 0 Å². The van der Waals surface area contributed by atoms with Gasteiger partial charge in [-0.3, -0.25) is 4.79 Å². The number of likely N-dealkylation sites (tertiary alicyclic amines) is 1. The van der Waals surface area contributed by atoms with Crippen molar-refractivity contribution >= 4 is 47.1 Å². The van der Waals surface area contributed by atoms with Crippen LogP contribution in [0.4, 0.5) is 5.95 Å². The average Bonchev–Trinajstić information content (AvgIpc) is 3.88. The summed E-state index contributed by atoms with van der Waals surface area (Å²) in [5.74, 6) is 1.11. The van der Waals surface area contributed by atoms with Crippen molar-refractivity contribution in [1.29, 1.82) is 0 Å². The molecule has 1 unspecified atom stereocenters. The van der Waals surface area contributed by atoms with E-state index in [0.29, 0.717) is 25.3 Å². The second-order valence-electron chi connectivity index (χ2n) is 12.9. The molecule has 2 fully saturated rings. The maximum Gasteiger partial charge on any atom is 0.255 e. The Labute approximate surface area is 304 Å². The van der Waals surface area contributed by atoms with Crippen molar-refractivity contribution in [2.45, 2.75) is 43.0 Å². The van der Waals surface area contributed by atoms with Gasteiger partial charge in [0.05, 0.1) is 28.9 Å². The number of benzene rings is 3. The molecule has 0 radical (unpaired) electrons. The molecule has 2 aliphatic heterocycles. The minimum absolute atomic E-state index is 0. The Bertz CT molecular complexity index is 1850. The van der Waals surface area contributed by atoms with Gasteiger partial charge in [0, 0.05) is 56.2 Å². The maximum absolute atomic E-state index is 14.2. The highest BCUT2D eigenvalue weighted by Crippen LogP contribution is 2.39. The fourth-order valence-electron chi connectivity index (χ4n) is 7.47. The predicted molar refractivity (Wildman–Crippen MR) is 201 cm³/mol. The van der Waals surface area contributed by atoms with Crippen LogP contribution in [0.1, 0.15) is 42.1 Å². The summed E-state index contributed by atoms with van der Waals surface area (Å²) in [5.41, 5.74) is 4.88. The quantitative estimate of drug-likeness (QED) is 0.121. The summed E-state index contributed by atoms with van der Waals surface area (Å²) in [7, 11) is 0. The summed E-state index contributed by atoms with van der Waals surface area (Å²) >= 11 is 1.59. The van der Waals surface area contributed by atoms with Crippen LogP contribution in [0.3, 0.4) is 0 Å². The maximum atomic E-state index is 14.2. The monoisotopic (exact) mass is 715 g/mol. The third-order valence-corrected chi connectivity index (χ3v) is 10.9. The lowest BCUT2D eigenvalue weighted by molar-refractivity contribution is 0.0777. The number of rotatable bonds is 12. The van der Waals surface area contributed by atoms with Gasteiger partial charge >= 0.3 is 0 Å². The molecule has 1 atom stereocenters. The van der Waals surface area contributed by atoms with E-state index < -0.39 is 0 Å². The Morgan fingerprint density at radius 2 is 1.80 bits per heavy atom. The molecule has 0 aliphatic carbocycles. The molecular formula is C37H46ClN9O2S. The van der Waals surface area contributed by atoms with E-state index in [4.69, 9.17) is 9.72 Å². The van der Waals surface area contributed by atoms with Crippen molar-refractivity contribution in [3.05, 3.63) is 90.3 Å². The minimum Gasteiger partial charge on any atom is -0.380 e. The zero-order valence-electron chi connectivity index (χ0n) is 28.9. The van der Waals surface area contributed by atoms with Crippen LogP contribution in [0, 0.1) is 0 Å². The number of para-hydroxylation sites is 2. The van der Waals surface area contributed by atoms with E-state index in [9.17, 15) is 4.79 Å². The molecule has 264 valence electrons. The van der Waals surface area contributed by atoms with Gasteiger partial charge in [-0.2, -0.15) is 0 Å². The highest BCUT2D eigenvalue weighted by atomic mass is 35.5. The van der Waals surface area contributed by atoms with Crippen LogP contribution < -0.4 is 4.90 Å². The average molecular weight is 716 g/mol. The lowest BCUT2D eigenvalue weighted by Gasteiger charge is -2.33. The molecule has 0 N–H and O–H groups in total. The van der Waals surface area contributed by atoms with Gasteiger partial charge in [0.25, 0.3) is 5.91 Å². The lowest BCUT2D eigenvalue weighted by Crippen LogP contribution is -2.39. The molecule has 7 rings (SSSR count). The molecule has 2 saturated heterocycles. The molecule has 5 aromatic rings. The highest BCUT2D eigenvalue weighted by molar-refractivity contribution is 7.98. The SMILES string of the molecule is CCOCCn1c(N2CCCN(CCC3(c4ccccc4)CCN(C(=O)c4cc(-n5cnnn5)ccc4SC)C3)CC2)nc2ccccc21.Cl. The van der Waals surface area contributed by atoms with Gasteiger partial charge in [0.2, 0.25) is 5.95 Å². The molecule has 13 heteroatoms. The Kier molecular flexibility index (Phi) is 11.7. The molecule has 0 saturated carbocycles. The standard InChI is InChI=1S/C37H45N9O2S.ClH/c1-3-48-25-24-45-33-13-8-7-12-32(33)39-36(45)43-19-9-18-42(22-23-43)20-16-37(29-10-5-4-6-11-29)17-21-44(27-37)35(47)31-26-30(14-15-34(31)49-2)46-28-38-40-41-46;/h4-8,10-15,26,28H,3,9,16-25,27H2,1-2H3;1H. The second-order valence-corrected chi connectivity index (χ2v) is 13.8. The van der Waals surface area contributed by atoms with E-state index in [1.165, 1.54) is 5.56 Å².